The standard InChI is InChI=1S/C14H13IN2O2/c1-19-13-7-6-9(8-10(13)15)14(18)17-12-5-3-2-4-11(12)16/h2-8H,16H2,1H3,(H,17,18). The topological polar surface area (TPSA) is 64.3 Å². The van der Waals surface area contributed by atoms with Crippen LogP contribution in [0, 0.1) is 3.57 Å². The van der Waals surface area contributed by atoms with Crippen molar-refractivity contribution in [1.82, 2.24) is 0 Å². The first-order valence-electron chi connectivity index (χ1n) is 5.61. The van der Waals surface area contributed by atoms with Crippen molar-refractivity contribution in [2.45, 2.75) is 0 Å². The maximum atomic E-state index is 12.1. The number of nitrogen functional groups attached to an aromatic ring is 1. The third-order valence-corrected chi connectivity index (χ3v) is 3.47. The highest BCUT2D eigenvalue weighted by molar-refractivity contribution is 14.1. The fourth-order valence-corrected chi connectivity index (χ4v) is 2.35. The number of hydrogen-bond donors (Lipinski definition) is 2. The first-order chi connectivity index (χ1) is 9.11. The van der Waals surface area contributed by atoms with E-state index in [-0.39, 0.29) is 5.91 Å². The van der Waals surface area contributed by atoms with Gasteiger partial charge in [-0.3, -0.25) is 4.79 Å². The van der Waals surface area contributed by atoms with E-state index in [2.05, 4.69) is 27.9 Å². The molecule has 19 heavy (non-hydrogen) atoms. The van der Waals surface area contributed by atoms with Crippen molar-refractivity contribution in [2.24, 2.45) is 0 Å². The summed E-state index contributed by atoms with van der Waals surface area (Å²) in [6.45, 7) is 0. The van der Waals surface area contributed by atoms with Gasteiger partial charge < -0.3 is 15.8 Å². The molecule has 1 amide bonds. The molecule has 3 N–H and O–H groups in total. The van der Waals surface area contributed by atoms with Crippen LogP contribution in [0.15, 0.2) is 42.5 Å². The van der Waals surface area contributed by atoms with Crippen LogP contribution in [-0.4, -0.2) is 13.0 Å². The van der Waals surface area contributed by atoms with E-state index in [9.17, 15) is 4.79 Å². The van der Waals surface area contributed by atoms with Gasteiger partial charge in [0.2, 0.25) is 0 Å². The van der Waals surface area contributed by atoms with Gasteiger partial charge in [0.05, 0.1) is 22.1 Å². The molecule has 0 atom stereocenters. The number of para-hydroxylation sites is 2. The number of carbonyl (C=O) groups excluding carboxylic acids is 1. The molecule has 0 aliphatic rings. The van der Waals surface area contributed by atoms with Gasteiger partial charge in [0.25, 0.3) is 5.91 Å². The Kier molecular flexibility index (Phi) is 4.26. The number of benzene rings is 2. The number of nitrogens with two attached hydrogens (primary N) is 1. The molecule has 2 aromatic carbocycles. The van der Waals surface area contributed by atoms with Crippen LogP contribution in [-0.2, 0) is 0 Å². The maximum absolute atomic E-state index is 12.1. The van der Waals surface area contributed by atoms with Gasteiger partial charge in [0.15, 0.2) is 0 Å². The minimum Gasteiger partial charge on any atom is -0.496 e. The fraction of sp³-hybridized carbons (Fsp3) is 0.0714. The number of anilines is 2. The van der Waals surface area contributed by atoms with E-state index < -0.39 is 0 Å². The summed E-state index contributed by atoms with van der Waals surface area (Å²) in [5, 5.41) is 2.78. The Labute approximate surface area is 125 Å². The summed E-state index contributed by atoms with van der Waals surface area (Å²) < 4.78 is 6.04. The van der Waals surface area contributed by atoms with E-state index in [1.54, 1.807) is 37.4 Å². The Hall–Kier alpha value is -1.76. The van der Waals surface area contributed by atoms with Crippen LogP contribution in [0.4, 0.5) is 11.4 Å². The highest BCUT2D eigenvalue weighted by atomic mass is 127. The second-order valence-electron chi connectivity index (χ2n) is 3.89. The molecular weight excluding hydrogens is 355 g/mol. The second-order valence-corrected chi connectivity index (χ2v) is 5.05. The Bertz CT molecular complexity index is 614. The fourth-order valence-electron chi connectivity index (χ4n) is 1.61. The van der Waals surface area contributed by atoms with Crippen LogP contribution in [0.1, 0.15) is 10.4 Å². The Balaban J connectivity index is 2.21. The van der Waals surface area contributed by atoms with Crippen molar-refractivity contribution in [3.63, 3.8) is 0 Å². The number of rotatable bonds is 3. The summed E-state index contributed by atoms with van der Waals surface area (Å²) in [5.41, 5.74) is 7.50. The number of methoxy groups -OCH3 is 1. The molecule has 0 saturated heterocycles. The first-order valence-corrected chi connectivity index (χ1v) is 6.69. The van der Waals surface area contributed by atoms with Gasteiger partial charge in [-0.15, -0.1) is 0 Å². The molecule has 0 aliphatic heterocycles. The molecule has 0 bridgehead atoms. The minimum atomic E-state index is -0.196. The lowest BCUT2D eigenvalue weighted by Crippen LogP contribution is -2.13. The lowest BCUT2D eigenvalue weighted by atomic mass is 10.2. The van der Waals surface area contributed by atoms with E-state index in [4.69, 9.17) is 10.5 Å². The number of halogens is 1. The van der Waals surface area contributed by atoms with Crippen LogP contribution in [0.5, 0.6) is 5.75 Å². The molecule has 0 spiro atoms. The summed E-state index contributed by atoms with van der Waals surface area (Å²) in [6.07, 6.45) is 0. The van der Waals surface area contributed by atoms with Crippen LogP contribution >= 0.6 is 22.6 Å². The first kappa shape index (κ1) is 13.7. The molecule has 0 unspecified atom stereocenters. The third-order valence-electron chi connectivity index (χ3n) is 2.62. The molecule has 0 fully saturated rings. The molecule has 0 aliphatic carbocycles. The maximum Gasteiger partial charge on any atom is 0.255 e. The molecule has 0 saturated carbocycles. The van der Waals surface area contributed by atoms with Gasteiger partial charge in [0, 0.05) is 5.56 Å². The number of amides is 1. The molecule has 0 aromatic heterocycles. The highest BCUT2D eigenvalue weighted by Crippen LogP contribution is 2.23. The van der Waals surface area contributed by atoms with Crippen LogP contribution in [0.25, 0.3) is 0 Å². The van der Waals surface area contributed by atoms with Crippen molar-refractivity contribution >= 4 is 39.9 Å². The van der Waals surface area contributed by atoms with Crippen molar-refractivity contribution in [2.75, 3.05) is 18.2 Å². The summed E-state index contributed by atoms with van der Waals surface area (Å²) in [4.78, 5) is 12.1. The zero-order chi connectivity index (χ0) is 13.8. The number of nitrogens with one attached hydrogen (secondary N) is 1. The van der Waals surface area contributed by atoms with Crippen LogP contribution in [0.3, 0.4) is 0 Å². The second kappa shape index (κ2) is 5.92. The van der Waals surface area contributed by atoms with Crippen LogP contribution in [0.2, 0.25) is 0 Å². The van der Waals surface area contributed by atoms with E-state index >= 15 is 0 Å². The lowest BCUT2D eigenvalue weighted by Gasteiger charge is -2.09. The van der Waals surface area contributed by atoms with Gasteiger partial charge in [-0.2, -0.15) is 0 Å². The summed E-state index contributed by atoms with van der Waals surface area (Å²) in [5.74, 6) is 0.551. The van der Waals surface area contributed by atoms with Crippen molar-refractivity contribution in [1.29, 1.82) is 0 Å². The predicted octanol–water partition coefficient (Wildman–Crippen LogP) is 3.13. The molecule has 2 aromatic rings. The normalized spacial score (nSPS) is 10.0. The summed E-state index contributed by atoms with van der Waals surface area (Å²) in [7, 11) is 1.60. The zero-order valence-corrected chi connectivity index (χ0v) is 12.5. The van der Waals surface area contributed by atoms with E-state index in [1.807, 2.05) is 12.1 Å². The summed E-state index contributed by atoms with van der Waals surface area (Å²) >= 11 is 2.13. The Morgan fingerprint density at radius 1 is 1.26 bits per heavy atom. The SMILES string of the molecule is COc1ccc(C(=O)Nc2ccccc2N)cc1I. The molecule has 0 radical (unpaired) electrons. The molecule has 5 heteroatoms. The third kappa shape index (κ3) is 3.17. The molecule has 98 valence electrons. The molecule has 4 nitrogen and oxygen atoms in total. The Morgan fingerprint density at radius 3 is 2.63 bits per heavy atom. The zero-order valence-electron chi connectivity index (χ0n) is 10.3. The van der Waals surface area contributed by atoms with Crippen molar-refractivity contribution in [3.05, 3.63) is 51.6 Å². The number of carbonyl (C=O) groups is 1. The van der Waals surface area contributed by atoms with Gasteiger partial charge >= 0.3 is 0 Å². The molecule has 2 rings (SSSR count). The summed E-state index contributed by atoms with van der Waals surface area (Å²) in [6, 6.07) is 12.4. The highest BCUT2D eigenvalue weighted by Gasteiger charge is 2.10. The number of ether oxygens (including phenoxy) is 1. The van der Waals surface area contributed by atoms with Gasteiger partial charge in [-0.25, -0.2) is 0 Å². The van der Waals surface area contributed by atoms with Gasteiger partial charge in [-0.05, 0) is 52.9 Å². The minimum absolute atomic E-state index is 0.196. The van der Waals surface area contributed by atoms with E-state index in [1.165, 1.54) is 0 Å². The predicted molar refractivity (Wildman–Crippen MR) is 84.5 cm³/mol. The van der Waals surface area contributed by atoms with Crippen molar-refractivity contribution in [3.8, 4) is 5.75 Å². The average molecular weight is 368 g/mol. The quantitative estimate of drug-likeness (QED) is 0.646. The largest absolute Gasteiger partial charge is 0.496 e. The van der Waals surface area contributed by atoms with E-state index in [0.29, 0.717) is 16.9 Å². The monoisotopic (exact) mass is 368 g/mol. The molecular formula is C14H13IN2O2. The van der Waals surface area contributed by atoms with Gasteiger partial charge in [-0.1, -0.05) is 12.1 Å². The smallest absolute Gasteiger partial charge is 0.255 e. The number of hydrogen-bond acceptors (Lipinski definition) is 3. The molecule has 0 heterocycles. The average Bonchev–Trinajstić information content (AvgIpc) is 2.41. The van der Waals surface area contributed by atoms with Gasteiger partial charge in [0.1, 0.15) is 5.75 Å². The van der Waals surface area contributed by atoms with Crippen LogP contribution < -0.4 is 15.8 Å². The van der Waals surface area contributed by atoms with Crippen molar-refractivity contribution < 1.29 is 9.53 Å². The lowest BCUT2D eigenvalue weighted by molar-refractivity contribution is 0.102. The van der Waals surface area contributed by atoms with E-state index in [0.717, 1.165) is 9.32 Å². The Morgan fingerprint density at radius 2 is 2.00 bits per heavy atom.